The average Bonchev–Trinajstić information content (AvgIpc) is 2.50. The fraction of sp³-hybridized carbons (Fsp3) is 0.357. The van der Waals surface area contributed by atoms with E-state index in [1.165, 1.54) is 18.0 Å². The molecule has 7 nitrogen and oxygen atoms in total. The first-order valence-corrected chi connectivity index (χ1v) is 6.65. The Morgan fingerprint density at radius 1 is 1.33 bits per heavy atom. The minimum atomic E-state index is -0.987. The van der Waals surface area contributed by atoms with E-state index >= 15 is 0 Å². The van der Waals surface area contributed by atoms with Crippen molar-refractivity contribution in [2.45, 2.75) is 12.8 Å². The van der Waals surface area contributed by atoms with Gasteiger partial charge in [-0.15, -0.1) is 0 Å². The van der Waals surface area contributed by atoms with Gasteiger partial charge in [-0.05, 0) is 36.6 Å². The van der Waals surface area contributed by atoms with Gasteiger partial charge in [0.15, 0.2) is 0 Å². The molecule has 0 fully saturated rings. The van der Waals surface area contributed by atoms with Crippen molar-refractivity contribution in [3.63, 3.8) is 0 Å². The molecule has 112 valence electrons. The number of anilines is 1. The van der Waals surface area contributed by atoms with Gasteiger partial charge in [-0.3, -0.25) is 9.69 Å². The lowest BCUT2D eigenvalue weighted by Crippen LogP contribution is -2.46. The molecule has 1 aromatic rings. The van der Waals surface area contributed by atoms with Gasteiger partial charge in [0.05, 0.1) is 12.1 Å². The molecule has 0 bridgehead atoms. The number of carbonyl (C=O) groups excluding carboxylic acids is 2. The molecule has 0 saturated carbocycles. The summed E-state index contributed by atoms with van der Waals surface area (Å²) in [6.45, 7) is 0.452. The number of likely N-dealkylation sites (N-methyl/N-ethyl adjacent to an activating group) is 1. The van der Waals surface area contributed by atoms with Gasteiger partial charge in [0.2, 0.25) is 5.91 Å². The highest BCUT2D eigenvalue weighted by atomic mass is 16.4. The van der Waals surface area contributed by atoms with Crippen molar-refractivity contribution in [3.05, 3.63) is 29.3 Å². The summed E-state index contributed by atoms with van der Waals surface area (Å²) in [6, 6.07) is 4.35. The highest BCUT2D eigenvalue weighted by Crippen LogP contribution is 2.28. The zero-order chi connectivity index (χ0) is 15.4. The maximum absolute atomic E-state index is 12.1. The van der Waals surface area contributed by atoms with E-state index in [1.807, 2.05) is 0 Å². The van der Waals surface area contributed by atoms with Crippen molar-refractivity contribution < 1.29 is 19.5 Å². The summed E-state index contributed by atoms with van der Waals surface area (Å²) in [7, 11) is 1.50. The van der Waals surface area contributed by atoms with Crippen LogP contribution in [0.25, 0.3) is 0 Å². The Labute approximate surface area is 121 Å². The van der Waals surface area contributed by atoms with Crippen LogP contribution in [-0.4, -0.2) is 43.2 Å². The van der Waals surface area contributed by atoms with Crippen LogP contribution in [-0.2, 0) is 11.2 Å². The van der Waals surface area contributed by atoms with E-state index in [4.69, 9.17) is 5.11 Å². The summed E-state index contributed by atoms with van der Waals surface area (Å²) < 4.78 is 0. The number of fused-ring (bicyclic) bond motifs is 1. The molecule has 0 spiro atoms. The molecule has 0 unspecified atom stereocenters. The molecule has 7 heteroatoms. The van der Waals surface area contributed by atoms with Crippen LogP contribution in [0.1, 0.15) is 22.3 Å². The zero-order valence-corrected chi connectivity index (χ0v) is 11.7. The van der Waals surface area contributed by atoms with Crippen molar-refractivity contribution in [1.82, 2.24) is 10.6 Å². The SMILES string of the molecule is CNC(=O)CNC(=O)N1CCCc2cc(C(=O)O)ccc21. The largest absolute Gasteiger partial charge is 0.478 e. The van der Waals surface area contributed by atoms with E-state index in [1.54, 1.807) is 12.1 Å². The third kappa shape index (κ3) is 3.31. The molecule has 0 atom stereocenters. The van der Waals surface area contributed by atoms with E-state index < -0.39 is 5.97 Å². The van der Waals surface area contributed by atoms with E-state index in [-0.39, 0.29) is 24.0 Å². The third-order valence-corrected chi connectivity index (χ3v) is 3.37. The fourth-order valence-electron chi connectivity index (χ4n) is 2.28. The lowest BCUT2D eigenvalue weighted by Gasteiger charge is -2.29. The van der Waals surface area contributed by atoms with E-state index in [0.29, 0.717) is 12.2 Å². The number of carboxylic acids is 1. The molecule has 0 saturated heterocycles. The number of urea groups is 1. The standard InChI is InChI=1S/C14H17N3O4/c1-15-12(18)8-16-14(21)17-6-2-3-9-7-10(13(19)20)4-5-11(9)17/h4-5,7H,2-3,6,8H2,1H3,(H,15,18)(H,16,21)(H,19,20). The molecule has 3 amide bonds. The number of nitrogens with one attached hydrogen (secondary N) is 2. The quantitative estimate of drug-likeness (QED) is 0.759. The van der Waals surface area contributed by atoms with Crippen LogP contribution in [0.2, 0.25) is 0 Å². The number of carbonyl (C=O) groups is 3. The first kappa shape index (κ1) is 14.8. The Kier molecular flexibility index (Phi) is 4.42. The highest BCUT2D eigenvalue weighted by molar-refractivity contribution is 5.96. The fourth-order valence-corrected chi connectivity index (χ4v) is 2.28. The van der Waals surface area contributed by atoms with Crippen molar-refractivity contribution in [1.29, 1.82) is 0 Å². The first-order chi connectivity index (χ1) is 10.0. The number of carboxylic acid groups (broad SMARTS) is 1. The van der Waals surface area contributed by atoms with Gasteiger partial charge in [-0.25, -0.2) is 9.59 Å². The number of rotatable bonds is 3. The van der Waals surface area contributed by atoms with Gasteiger partial charge in [-0.2, -0.15) is 0 Å². The topological polar surface area (TPSA) is 98.7 Å². The molecule has 0 radical (unpaired) electrons. The molecular formula is C14H17N3O4. The Bertz CT molecular complexity index is 586. The number of amides is 3. The number of benzene rings is 1. The smallest absolute Gasteiger partial charge is 0.335 e. The predicted octanol–water partition coefficient (Wildman–Crippen LogP) is 0.593. The van der Waals surface area contributed by atoms with Crippen LogP contribution in [0.5, 0.6) is 0 Å². The van der Waals surface area contributed by atoms with Gasteiger partial charge in [-0.1, -0.05) is 0 Å². The minimum Gasteiger partial charge on any atom is -0.478 e. The van der Waals surface area contributed by atoms with Crippen molar-refractivity contribution in [2.24, 2.45) is 0 Å². The lowest BCUT2D eigenvalue weighted by molar-refractivity contribution is -0.119. The number of hydrogen-bond donors (Lipinski definition) is 3. The van der Waals surface area contributed by atoms with Crippen molar-refractivity contribution in [2.75, 3.05) is 25.0 Å². The summed E-state index contributed by atoms with van der Waals surface area (Å²) >= 11 is 0. The number of aromatic carboxylic acids is 1. The Morgan fingerprint density at radius 2 is 2.10 bits per heavy atom. The summed E-state index contributed by atoms with van der Waals surface area (Å²) in [5.41, 5.74) is 1.73. The predicted molar refractivity (Wildman–Crippen MR) is 76.5 cm³/mol. The Balaban J connectivity index is 2.16. The number of aryl methyl sites for hydroxylation is 1. The molecule has 1 aliphatic rings. The molecule has 0 aromatic heterocycles. The average molecular weight is 291 g/mol. The van der Waals surface area contributed by atoms with Crippen molar-refractivity contribution >= 4 is 23.6 Å². The summed E-state index contributed by atoms with van der Waals surface area (Å²) in [5.74, 6) is -1.26. The summed E-state index contributed by atoms with van der Waals surface area (Å²) in [5, 5.41) is 14.0. The highest BCUT2D eigenvalue weighted by Gasteiger charge is 2.23. The molecule has 2 rings (SSSR count). The van der Waals surface area contributed by atoms with Crippen LogP contribution in [0.4, 0.5) is 10.5 Å². The van der Waals surface area contributed by atoms with Crippen LogP contribution in [0.15, 0.2) is 18.2 Å². The monoisotopic (exact) mass is 291 g/mol. The van der Waals surface area contributed by atoms with Gasteiger partial charge in [0.25, 0.3) is 0 Å². The first-order valence-electron chi connectivity index (χ1n) is 6.65. The van der Waals surface area contributed by atoms with Crippen LogP contribution in [0, 0.1) is 0 Å². The van der Waals surface area contributed by atoms with E-state index in [2.05, 4.69) is 10.6 Å². The second kappa shape index (κ2) is 6.25. The molecule has 3 N–H and O–H groups in total. The zero-order valence-electron chi connectivity index (χ0n) is 11.7. The summed E-state index contributed by atoms with van der Waals surface area (Å²) in [4.78, 5) is 35.8. The van der Waals surface area contributed by atoms with Crippen LogP contribution < -0.4 is 15.5 Å². The maximum Gasteiger partial charge on any atom is 0.335 e. The molecular weight excluding hydrogens is 274 g/mol. The maximum atomic E-state index is 12.1. The summed E-state index contributed by atoms with van der Waals surface area (Å²) in [6.07, 6.45) is 1.49. The lowest BCUT2D eigenvalue weighted by atomic mass is 9.99. The van der Waals surface area contributed by atoms with Gasteiger partial charge < -0.3 is 15.7 Å². The second-order valence-electron chi connectivity index (χ2n) is 4.74. The third-order valence-electron chi connectivity index (χ3n) is 3.37. The van der Waals surface area contributed by atoms with Crippen LogP contribution >= 0.6 is 0 Å². The van der Waals surface area contributed by atoms with Crippen LogP contribution in [0.3, 0.4) is 0 Å². The van der Waals surface area contributed by atoms with Gasteiger partial charge in [0, 0.05) is 19.3 Å². The number of hydrogen-bond acceptors (Lipinski definition) is 3. The van der Waals surface area contributed by atoms with Gasteiger partial charge >= 0.3 is 12.0 Å². The molecule has 1 heterocycles. The molecule has 21 heavy (non-hydrogen) atoms. The Hall–Kier alpha value is -2.57. The normalized spacial score (nSPS) is 13.3. The Morgan fingerprint density at radius 3 is 2.76 bits per heavy atom. The van der Waals surface area contributed by atoms with Crippen molar-refractivity contribution in [3.8, 4) is 0 Å². The molecule has 0 aliphatic carbocycles. The minimum absolute atomic E-state index is 0.0889. The van der Waals surface area contributed by atoms with E-state index in [0.717, 1.165) is 18.4 Å². The van der Waals surface area contributed by atoms with Gasteiger partial charge in [0.1, 0.15) is 0 Å². The molecule has 1 aromatic carbocycles. The van der Waals surface area contributed by atoms with E-state index in [9.17, 15) is 14.4 Å². The second-order valence-corrected chi connectivity index (χ2v) is 4.74. The number of nitrogens with zero attached hydrogens (tertiary/aromatic N) is 1. The molecule has 1 aliphatic heterocycles.